The molecule has 15 nitrogen and oxygen atoms in total. The molecule has 6 heterocycles. The van der Waals surface area contributed by atoms with Crippen molar-refractivity contribution < 1.29 is 13.7 Å². The molecule has 0 spiro atoms. The summed E-state index contributed by atoms with van der Waals surface area (Å²) in [4.78, 5) is 26.2. The zero-order valence-corrected chi connectivity index (χ0v) is 22.6. The molecule has 1 aliphatic rings. The van der Waals surface area contributed by atoms with Crippen molar-refractivity contribution in [3.8, 4) is 22.9 Å². The molecule has 42 heavy (non-hydrogen) atoms. The number of nitrogens with zero attached hydrogens (tertiary/aromatic N) is 12. The lowest BCUT2D eigenvalue weighted by Crippen LogP contribution is -2.47. The molecule has 214 valence electrons. The zero-order chi connectivity index (χ0) is 28.6. The number of benzene rings is 1. The van der Waals surface area contributed by atoms with Gasteiger partial charge in [-0.15, -0.1) is 5.10 Å². The van der Waals surface area contributed by atoms with Crippen LogP contribution >= 0.6 is 0 Å². The van der Waals surface area contributed by atoms with Crippen LogP contribution in [0.3, 0.4) is 0 Å². The van der Waals surface area contributed by atoms with Crippen molar-refractivity contribution in [3.63, 3.8) is 0 Å². The first kappa shape index (κ1) is 25.8. The molecule has 6 aromatic rings. The number of anilines is 2. The summed E-state index contributed by atoms with van der Waals surface area (Å²) >= 11 is 0. The predicted octanol–water partition coefficient (Wildman–Crippen LogP) is 1.67. The summed E-state index contributed by atoms with van der Waals surface area (Å²) in [5, 5.41) is 13.7. The summed E-state index contributed by atoms with van der Waals surface area (Å²) in [5.74, 6) is 1.09. The van der Waals surface area contributed by atoms with E-state index in [4.69, 9.17) is 15.0 Å². The molecular formula is C26H26FN13O2. The molecule has 0 amide bonds. The number of halogens is 1. The van der Waals surface area contributed by atoms with Gasteiger partial charge in [-0.1, -0.05) is 5.16 Å². The Bertz CT molecular complexity index is 1860. The second-order valence-electron chi connectivity index (χ2n) is 9.78. The summed E-state index contributed by atoms with van der Waals surface area (Å²) in [6.07, 6.45) is 6.49. The van der Waals surface area contributed by atoms with E-state index in [9.17, 15) is 4.39 Å². The summed E-state index contributed by atoms with van der Waals surface area (Å²) in [7, 11) is 1.55. The molecule has 1 saturated heterocycles. The minimum atomic E-state index is -0.290. The van der Waals surface area contributed by atoms with Gasteiger partial charge in [0.2, 0.25) is 17.6 Å². The topological polar surface area (TPSA) is 167 Å². The third-order valence-corrected chi connectivity index (χ3v) is 7.17. The molecule has 1 fully saturated rings. The standard InChI is InChI=1S/C26H26FN13O2/c1-41-15-21-32-22(36-42-21)16-2-3-18(27)20(12-16)38-9-6-37(7-10-38)8-11-39-24-17(13-31-39)25-33-23(19-14-29-4-5-30-19)35-40(25)26(28)34-24/h2-5,12-14H,6-11,15H2,1H3,(H2,28,34). The van der Waals surface area contributed by atoms with Crippen molar-refractivity contribution in [1.82, 2.24) is 54.4 Å². The molecule has 0 radical (unpaired) electrons. The molecule has 0 saturated carbocycles. The highest BCUT2D eigenvalue weighted by Crippen LogP contribution is 2.27. The van der Waals surface area contributed by atoms with E-state index in [0.29, 0.717) is 65.4 Å². The van der Waals surface area contributed by atoms with Crippen LogP contribution in [0, 0.1) is 5.82 Å². The second kappa shape index (κ2) is 10.7. The van der Waals surface area contributed by atoms with Crippen molar-refractivity contribution in [2.24, 2.45) is 0 Å². The molecule has 5 aromatic heterocycles. The van der Waals surface area contributed by atoms with Crippen LogP contribution in [0.2, 0.25) is 0 Å². The summed E-state index contributed by atoms with van der Waals surface area (Å²) in [6, 6.07) is 4.85. The van der Waals surface area contributed by atoms with Gasteiger partial charge in [-0.05, 0) is 18.2 Å². The fraction of sp³-hybridized carbons (Fsp3) is 0.308. The minimum Gasteiger partial charge on any atom is -0.375 e. The quantitative estimate of drug-likeness (QED) is 0.280. The van der Waals surface area contributed by atoms with Crippen molar-refractivity contribution in [1.29, 1.82) is 0 Å². The molecule has 1 aromatic carbocycles. The van der Waals surface area contributed by atoms with E-state index in [1.165, 1.54) is 10.6 Å². The van der Waals surface area contributed by atoms with E-state index in [1.807, 2.05) is 9.58 Å². The van der Waals surface area contributed by atoms with E-state index >= 15 is 0 Å². The van der Waals surface area contributed by atoms with Gasteiger partial charge in [-0.3, -0.25) is 9.88 Å². The van der Waals surface area contributed by atoms with Crippen LogP contribution in [0.1, 0.15) is 5.89 Å². The number of aromatic nitrogens is 10. The van der Waals surface area contributed by atoms with Crippen molar-refractivity contribution in [2.45, 2.75) is 13.2 Å². The van der Waals surface area contributed by atoms with Gasteiger partial charge in [0.25, 0.3) is 5.89 Å². The lowest BCUT2D eigenvalue weighted by molar-refractivity contribution is 0.151. The third kappa shape index (κ3) is 4.75. The molecule has 0 bridgehead atoms. The molecule has 7 rings (SSSR count). The van der Waals surface area contributed by atoms with Gasteiger partial charge >= 0.3 is 0 Å². The smallest absolute Gasteiger partial charge is 0.252 e. The second-order valence-corrected chi connectivity index (χ2v) is 9.78. The van der Waals surface area contributed by atoms with Crippen molar-refractivity contribution in [2.75, 3.05) is 50.5 Å². The van der Waals surface area contributed by atoms with Crippen LogP contribution in [0.5, 0.6) is 0 Å². The van der Waals surface area contributed by atoms with E-state index in [-0.39, 0.29) is 18.4 Å². The first-order valence-electron chi connectivity index (χ1n) is 13.3. The highest BCUT2D eigenvalue weighted by Gasteiger charge is 2.22. The Morgan fingerprint density at radius 2 is 1.88 bits per heavy atom. The lowest BCUT2D eigenvalue weighted by atomic mass is 10.1. The molecule has 0 unspecified atom stereocenters. The predicted molar refractivity (Wildman–Crippen MR) is 149 cm³/mol. The van der Waals surface area contributed by atoms with Crippen LogP contribution < -0.4 is 10.6 Å². The fourth-order valence-electron chi connectivity index (χ4n) is 5.04. The van der Waals surface area contributed by atoms with E-state index < -0.39 is 0 Å². The van der Waals surface area contributed by atoms with Gasteiger partial charge < -0.3 is 19.9 Å². The maximum atomic E-state index is 14.8. The number of methoxy groups -OCH3 is 1. The Morgan fingerprint density at radius 3 is 2.69 bits per heavy atom. The summed E-state index contributed by atoms with van der Waals surface area (Å²) < 4.78 is 28.4. The molecular weight excluding hydrogens is 545 g/mol. The maximum absolute atomic E-state index is 14.8. The number of fused-ring (bicyclic) bond motifs is 3. The molecule has 0 atom stereocenters. The number of piperazine rings is 1. The molecule has 16 heteroatoms. The van der Waals surface area contributed by atoms with Gasteiger partial charge in [0.05, 0.1) is 30.0 Å². The lowest BCUT2D eigenvalue weighted by Gasteiger charge is -2.36. The Morgan fingerprint density at radius 1 is 1.00 bits per heavy atom. The Hall–Kier alpha value is -5.09. The van der Waals surface area contributed by atoms with Crippen LogP contribution in [0.15, 0.2) is 47.5 Å². The molecule has 1 aliphatic heterocycles. The van der Waals surface area contributed by atoms with Gasteiger partial charge in [0.1, 0.15) is 18.1 Å². The average molecular weight is 572 g/mol. The SMILES string of the molecule is COCc1nc(-c2ccc(F)c(N3CCN(CCn4ncc5c4nc(N)n4nc(-c6cnccn6)nc54)CC3)c2)no1. The Balaban J connectivity index is 1.03. The van der Waals surface area contributed by atoms with E-state index in [2.05, 4.69) is 45.2 Å². The number of rotatable bonds is 8. The number of hydrogen-bond donors (Lipinski definition) is 1. The largest absolute Gasteiger partial charge is 0.375 e. The first-order valence-corrected chi connectivity index (χ1v) is 13.3. The van der Waals surface area contributed by atoms with Gasteiger partial charge in [-0.2, -0.15) is 19.6 Å². The molecule has 0 aliphatic carbocycles. The summed E-state index contributed by atoms with van der Waals surface area (Å²) in [5.41, 5.74) is 9.15. The van der Waals surface area contributed by atoms with Gasteiger partial charge in [-0.25, -0.2) is 19.0 Å². The van der Waals surface area contributed by atoms with Crippen LogP contribution in [-0.4, -0.2) is 94.2 Å². The average Bonchev–Trinajstić information content (AvgIpc) is 3.77. The monoisotopic (exact) mass is 571 g/mol. The van der Waals surface area contributed by atoms with Gasteiger partial charge in [0, 0.05) is 57.8 Å². The van der Waals surface area contributed by atoms with E-state index in [0.717, 1.165) is 25.0 Å². The Kier molecular flexibility index (Phi) is 6.59. The van der Waals surface area contributed by atoms with E-state index in [1.54, 1.807) is 44.0 Å². The van der Waals surface area contributed by atoms with Crippen LogP contribution in [-0.2, 0) is 17.9 Å². The zero-order valence-electron chi connectivity index (χ0n) is 22.6. The van der Waals surface area contributed by atoms with Crippen molar-refractivity contribution >= 4 is 28.3 Å². The minimum absolute atomic E-state index is 0.204. The first-order chi connectivity index (χ1) is 20.6. The third-order valence-electron chi connectivity index (χ3n) is 7.17. The highest BCUT2D eigenvalue weighted by atomic mass is 19.1. The number of ether oxygens (including phenoxy) is 1. The van der Waals surface area contributed by atoms with Crippen molar-refractivity contribution in [3.05, 3.63) is 54.7 Å². The number of nitrogen functional groups attached to an aromatic ring is 1. The van der Waals surface area contributed by atoms with Crippen LogP contribution in [0.25, 0.3) is 39.6 Å². The summed E-state index contributed by atoms with van der Waals surface area (Å²) in [6.45, 7) is 4.40. The molecule has 2 N–H and O–H groups in total. The fourth-order valence-corrected chi connectivity index (χ4v) is 5.04. The maximum Gasteiger partial charge on any atom is 0.252 e. The Labute approximate surface area is 237 Å². The normalized spacial score (nSPS) is 14.4. The number of hydrogen-bond acceptors (Lipinski definition) is 13. The highest BCUT2D eigenvalue weighted by molar-refractivity contribution is 5.90. The van der Waals surface area contributed by atoms with Crippen LogP contribution in [0.4, 0.5) is 16.0 Å². The number of nitrogens with two attached hydrogens (primary N) is 1. The van der Waals surface area contributed by atoms with Gasteiger partial charge in [0.15, 0.2) is 11.3 Å².